The van der Waals surface area contributed by atoms with E-state index < -0.39 is 21.6 Å². The van der Waals surface area contributed by atoms with Gasteiger partial charge in [0, 0.05) is 18.0 Å². The molecule has 23 heavy (non-hydrogen) atoms. The summed E-state index contributed by atoms with van der Waals surface area (Å²) in [5.41, 5.74) is 0. The molecule has 7 heteroatoms. The minimum absolute atomic E-state index is 0.0361. The van der Waals surface area contributed by atoms with Gasteiger partial charge in [-0.3, -0.25) is 4.79 Å². The van der Waals surface area contributed by atoms with Gasteiger partial charge in [0.1, 0.15) is 5.82 Å². The third-order valence-electron chi connectivity index (χ3n) is 4.06. The van der Waals surface area contributed by atoms with Gasteiger partial charge in [-0.1, -0.05) is 6.92 Å². The second kappa shape index (κ2) is 7.40. The highest BCUT2D eigenvalue weighted by Gasteiger charge is 2.26. The Morgan fingerprint density at radius 2 is 2.04 bits per heavy atom. The fourth-order valence-corrected chi connectivity index (χ4v) is 4.30. The lowest BCUT2D eigenvalue weighted by molar-refractivity contribution is -0.124. The molecule has 1 aliphatic rings. The summed E-state index contributed by atoms with van der Waals surface area (Å²) in [6.45, 7) is 4.50. The van der Waals surface area contributed by atoms with E-state index in [1.165, 1.54) is 12.1 Å². The van der Waals surface area contributed by atoms with Crippen molar-refractivity contribution in [2.24, 2.45) is 5.92 Å². The third kappa shape index (κ3) is 5.00. The van der Waals surface area contributed by atoms with E-state index in [1.54, 1.807) is 6.92 Å². The zero-order chi connectivity index (χ0) is 17.0. The summed E-state index contributed by atoms with van der Waals surface area (Å²) in [5, 5.41) is 6.23. The lowest BCUT2D eigenvalue weighted by Crippen LogP contribution is -2.48. The van der Waals surface area contributed by atoms with E-state index in [4.69, 9.17) is 0 Å². The average Bonchev–Trinajstić information content (AvgIpc) is 2.47. The number of amides is 1. The molecule has 3 unspecified atom stereocenters. The Bertz CT molecular complexity index is 646. The lowest BCUT2D eigenvalue weighted by Gasteiger charge is -2.29. The molecule has 0 radical (unpaired) electrons. The highest BCUT2D eigenvalue weighted by Crippen LogP contribution is 2.16. The summed E-state index contributed by atoms with van der Waals surface area (Å²) >= 11 is 0. The summed E-state index contributed by atoms with van der Waals surface area (Å²) in [6, 6.07) is 5.08. The van der Waals surface area contributed by atoms with E-state index in [2.05, 4.69) is 17.6 Å². The number of halogens is 1. The Labute approximate surface area is 136 Å². The van der Waals surface area contributed by atoms with E-state index in [0.29, 0.717) is 6.04 Å². The molecule has 1 aromatic carbocycles. The minimum atomic E-state index is -3.61. The first-order valence-corrected chi connectivity index (χ1v) is 9.45. The van der Waals surface area contributed by atoms with E-state index in [-0.39, 0.29) is 22.6 Å². The Hall–Kier alpha value is -1.47. The number of sulfone groups is 1. The van der Waals surface area contributed by atoms with Crippen LogP contribution in [0.25, 0.3) is 0 Å². The van der Waals surface area contributed by atoms with Crippen molar-refractivity contribution in [1.29, 1.82) is 0 Å². The van der Waals surface area contributed by atoms with Crippen LogP contribution in [0, 0.1) is 11.7 Å². The van der Waals surface area contributed by atoms with Crippen molar-refractivity contribution in [2.75, 3.05) is 12.3 Å². The van der Waals surface area contributed by atoms with Gasteiger partial charge in [0.05, 0.1) is 10.6 Å². The molecular formula is C16H23FN2O3S. The van der Waals surface area contributed by atoms with Crippen molar-refractivity contribution in [3.8, 4) is 0 Å². The monoisotopic (exact) mass is 342 g/mol. The average molecular weight is 342 g/mol. The zero-order valence-electron chi connectivity index (χ0n) is 13.4. The van der Waals surface area contributed by atoms with Gasteiger partial charge >= 0.3 is 0 Å². The van der Waals surface area contributed by atoms with Crippen LogP contribution < -0.4 is 10.6 Å². The summed E-state index contributed by atoms with van der Waals surface area (Å²) in [7, 11) is -3.61. The van der Waals surface area contributed by atoms with Crippen LogP contribution >= 0.6 is 0 Å². The third-order valence-corrected chi connectivity index (χ3v) is 5.99. The first-order chi connectivity index (χ1) is 10.8. The highest BCUT2D eigenvalue weighted by molar-refractivity contribution is 7.91. The SMILES string of the molecule is CC1CC(NC(=O)C(C)CS(=O)(=O)c2ccc(F)cc2)CCN1. The van der Waals surface area contributed by atoms with Gasteiger partial charge in [0.15, 0.2) is 9.84 Å². The molecule has 2 rings (SSSR count). The standard InChI is InChI=1S/C16H23FN2O3S/c1-11(16(20)19-14-7-8-18-12(2)9-14)10-23(21,22)15-5-3-13(17)4-6-15/h3-6,11-12,14,18H,7-10H2,1-2H3,(H,19,20). The quantitative estimate of drug-likeness (QED) is 0.795. The van der Waals surface area contributed by atoms with Gasteiger partial charge in [-0.25, -0.2) is 12.8 Å². The van der Waals surface area contributed by atoms with Gasteiger partial charge in [-0.15, -0.1) is 0 Å². The molecule has 2 N–H and O–H groups in total. The maximum atomic E-state index is 12.9. The smallest absolute Gasteiger partial charge is 0.224 e. The predicted octanol–water partition coefficient (Wildman–Crippen LogP) is 1.49. The first kappa shape index (κ1) is 17.9. The molecule has 1 amide bonds. The van der Waals surface area contributed by atoms with Crippen LogP contribution in [0.3, 0.4) is 0 Å². The molecular weight excluding hydrogens is 319 g/mol. The lowest BCUT2D eigenvalue weighted by atomic mass is 10.00. The van der Waals surface area contributed by atoms with Gasteiger partial charge in [-0.05, 0) is 50.6 Å². The molecule has 1 heterocycles. The predicted molar refractivity (Wildman–Crippen MR) is 86.2 cm³/mol. The van der Waals surface area contributed by atoms with Gasteiger partial charge < -0.3 is 10.6 Å². The normalized spacial score (nSPS) is 23.3. The van der Waals surface area contributed by atoms with Crippen molar-refractivity contribution in [1.82, 2.24) is 10.6 Å². The number of piperidine rings is 1. The molecule has 128 valence electrons. The second-order valence-electron chi connectivity index (χ2n) is 6.22. The van der Waals surface area contributed by atoms with Crippen LogP contribution in [0.2, 0.25) is 0 Å². The molecule has 0 aromatic heterocycles. The number of rotatable bonds is 5. The summed E-state index contributed by atoms with van der Waals surface area (Å²) in [6.07, 6.45) is 1.68. The Morgan fingerprint density at radius 1 is 1.39 bits per heavy atom. The molecule has 0 aliphatic carbocycles. The molecule has 0 spiro atoms. The zero-order valence-corrected chi connectivity index (χ0v) is 14.2. The number of nitrogens with one attached hydrogen (secondary N) is 2. The van der Waals surface area contributed by atoms with Crippen molar-refractivity contribution in [3.63, 3.8) is 0 Å². The van der Waals surface area contributed by atoms with Crippen LogP contribution in [0.5, 0.6) is 0 Å². The van der Waals surface area contributed by atoms with Crippen LogP contribution in [0.4, 0.5) is 4.39 Å². The summed E-state index contributed by atoms with van der Waals surface area (Å²) in [4.78, 5) is 12.3. The second-order valence-corrected chi connectivity index (χ2v) is 8.26. The molecule has 1 aromatic rings. The van der Waals surface area contributed by atoms with Crippen LogP contribution in [-0.4, -0.2) is 38.7 Å². The Balaban J connectivity index is 1.95. The van der Waals surface area contributed by atoms with E-state index in [9.17, 15) is 17.6 Å². The largest absolute Gasteiger partial charge is 0.353 e. The summed E-state index contributed by atoms with van der Waals surface area (Å²) < 4.78 is 37.5. The van der Waals surface area contributed by atoms with Crippen LogP contribution in [0.1, 0.15) is 26.7 Å². The fourth-order valence-electron chi connectivity index (χ4n) is 2.75. The number of carbonyl (C=O) groups excluding carboxylic acids is 1. The van der Waals surface area contributed by atoms with E-state index >= 15 is 0 Å². The fraction of sp³-hybridized carbons (Fsp3) is 0.562. The molecule has 3 atom stereocenters. The number of hydrogen-bond donors (Lipinski definition) is 2. The summed E-state index contributed by atoms with van der Waals surface area (Å²) in [5.74, 6) is -1.69. The number of benzene rings is 1. The molecule has 0 saturated carbocycles. The van der Waals surface area contributed by atoms with Crippen LogP contribution in [0.15, 0.2) is 29.2 Å². The molecule has 0 bridgehead atoms. The van der Waals surface area contributed by atoms with Crippen molar-refractivity contribution in [3.05, 3.63) is 30.1 Å². The molecule has 1 fully saturated rings. The van der Waals surface area contributed by atoms with E-state index in [1.807, 2.05) is 0 Å². The van der Waals surface area contributed by atoms with Gasteiger partial charge in [0.25, 0.3) is 0 Å². The topological polar surface area (TPSA) is 75.3 Å². The van der Waals surface area contributed by atoms with Gasteiger partial charge in [-0.2, -0.15) is 0 Å². The number of hydrogen-bond acceptors (Lipinski definition) is 4. The van der Waals surface area contributed by atoms with Crippen molar-refractivity contribution < 1.29 is 17.6 Å². The Morgan fingerprint density at radius 3 is 2.65 bits per heavy atom. The maximum absolute atomic E-state index is 12.9. The van der Waals surface area contributed by atoms with E-state index in [0.717, 1.165) is 31.5 Å². The van der Waals surface area contributed by atoms with Crippen LogP contribution in [-0.2, 0) is 14.6 Å². The molecule has 1 saturated heterocycles. The molecule has 1 aliphatic heterocycles. The van der Waals surface area contributed by atoms with Gasteiger partial charge in [0.2, 0.25) is 5.91 Å². The first-order valence-electron chi connectivity index (χ1n) is 7.80. The number of carbonyl (C=O) groups is 1. The molecule has 5 nitrogen and oxygen atoms in total. The van der Waals surface area contributed by atoms with Crippen molar-refractivity contribution in [2.45, 2.75) is 43.7 Å². The van der Waals surface area contributed by atoms with Crippen molar-refractivity contribution >= 4 is 15.7 Å². The Kier molecular flexibility index (Phi) is 5.75. The maximum Gasteiger partial charge on any atom is 0.224 e. The minimum Gasteiger partial charge on any atom is -0.353 e. The highest BCUT2D eigenvalue weighted by atomic mass is 32.2.